The average Bonchev–Trinajstić information content (AvgIpc) is 1.61. The minimum absolute atomic E-state index is 0.0629. The van der Waals surface area contributed by atoms with Crippen LogP contribution in [0.2, 0.25) is 0 Å². The van der Waals surface area contributed by atoms with E-state index in [4.69, 9.17) is 9.97 Å². The second kappa shape index (κ2) is 54.5. The van der Waals surface area contributed by atoms with Gasteiger partial charge in [-0.3, -0.25) is 19.2 Å². The smallest absolute Gasteiger partial charge is 0.251 e. The molecular formula is C120H154N8O4. The van der Waals surface area contributed by atoms with Crippen LogP contribution < -0.4 is 21.3 Å². The average molecular weight is 1770 g/mol. The predicted molar refractivity (Wildman–Crippen MR) is 559 cm³/mol. The van der Waals surface area contributed by atoms with Gasteiger partial charge in [0.25, 0.3) is 23.6 Å². The quantitative estimate of drug-likeness (QED) is 0.0207. The van der Waals surface area contributed by atoms with Gasteiger partial charge in [-0.15, -0.1) is 0 Å². The molecule has 4 aromatic carbocycles. The number of hydrogen-bond acceptors (Lipinski definition) is 6. The Labute approximate surface area is 791 Å². The topological polar surface area (TPSA) is 174 Å². The first-order valence-corrected chi connectivity index (χ1v) is 52.3. The fourth-order valence-corrected chi connectivity index (χ4v) is 20.2. The Morgan fingerprint density at radius 1 is 0.250 bits per heavy atom. The molecule has 0 radical (unpaired) electrons. The first-order valence-electron chi connectivity index (χ1n) is 52.3. The van der Waals surface area contributed by atoms with Gasteiger partial charge < -0.3 is 31.2 Å². The van der Waals surface area contributed by atoms with E-state index in [0.29, 0.717) is 45.0 Å². The first-order chi connectivity index (χ1) is 65.0. The van der Waals surface area contributed by atoms with Crippen LogP contribution in [0.4, 0.5) is 0 Å². The summed E-state index contributed by atoms with van der Waals surface area (Å²) >= 11 is 0. The molecule has 0 fully saturated rings. The van der Waals surface area contributed by atoms with Crippen molar-refractivity contribution in [2.24, 2.45) is 0 Å². The summed E-state index contributed by atoms with van der Waals surface area (Å²) in [5.41, 5.74) is 20.1. The number of amides is 4. The van der Waals surface area contributed by atoms with Gasteiger partial charge in [-0.25, -0.2) is 9.97 Å². The largest absolute Gasteiger partial charge is 0.354 e. The zero-order chi connectivity index (χ0) is 91.5. The third-order valence-corrected chi connectivity index (χ3v) is 28.1. The molecule has 4 unspecified atom stereocenters. The molecule has 4 atom stereocenters. The van der Waals surface area contributed by atoms with Gasteiger partial charge in [-0.2, -0.15) is 0 Å². The van der Waals surface area contributed by atoms with Gasteiger partial charge in [0.15, 0.2) is 0 Å². The van der Waals surface area contributed by atoms with E-state index in [2.05, 4.69) is 229 Å². The van der Waals surface area contributed by atoms with Crippen molar-refractivity contribution in [1.29, 1.82) is 0 Å². The lowest BCUT2D eigenvalue weighted by atomic mass is 9.97. The third kappa shape index (κ3) is 29.6. The fraction of sp³-hybridized carbons (Fsp3) is 0.467. The Morgan fingerprint density at radius 3 is 0.606 bits per heavy atom. The molecule has 12 nitrogen and oxygen atoms in total. The number of benzene rings is 4. The number of nitrogens with zero attached hydrogens (tertiary/aromatic N) is 2. The minimum Gasteiger partial charge on any atom is -0.354 e. The van der Waals surface area contributed by atoms with Crippen LogP contribution in [0.15, 0.2) is 217 Å². The number of unbranched alkanes of at least 4 members (excludes halogenated alkanes) is 36. The maximum Gasteiger partial charge on any atom is 0.251 e. The Kier molecular flexibility index (Phi) is 40.7. The summed E-state index contributed by atoms with van der Waals surface area (Å²) in [6, 6.07) is 40.3. The maximum atomic E-state index is 14.7. The highest BCUT2D eigenvalue weighted by atomic mass is 16.2. The number of rotatable bonds is 60. The standard InChI is InChI=1S/C120H154N8O4/c1-5-9-13-17-21-25-29-33-37-41-61-101(89-53-45-46-54-89)125-117(129)97-73-65-93(66-74-97)113-105-81-83-107(121-105)114(94-67-75-98(76-68-94)118(130)126-102(90-55-47-48-56-90)62-42-38-34-30-26-22-18-14-10-6-2)109-85-87-111(123-109)116(96-71-79-100(80-72-96)120(132)128-104(92-59-51-52-60-92)64-44-40-36-32-28-24-20-16-12-8-4)112-88-86-110(124-112)115(108-84-82-106(113)122-108)95-69-77-99(78-70-95)119(131)127-103(91-57-49-50-58-91)63-43-39-35-31-27-23-19-15-11-7-3/h45-53,55,57,59,65-88,101-104,121,124H,5-44,54,56,58,60-64H2,1-4H3,(H,125,129)(H,126,130)(H,127,131)(H,128,132). The van der Waals surface area contributed by atoms with Crippen LogP contribution in [0.1, 0.15) is 400 Å². The van der Waals surface area contributed by atoms with Crippen molar-refractivity contribution >= 4 is 70.0 Å². The van der Waals surface area contributed by atoms with Gasteiger partial charge >= 0.3 is 0 Å². The molecule has 6 N–H and O–H groups in total. The zero-order valence-electron chi connectivity index (χ0n) is 80.6. The molecule has 0 saturated carbocycles. The highest BCUT2D eigenvalue weighted by Gasteiger charge is 2.27. The number of hydrogen-bond donors (Lipinski definition) is 6. The van der Waals surface area contributed by atoms with Gasteiger partial charge in [0.1, 0.15) is 0 Å². The highest BCUT2D eigenvalue weighted by Crippen LogP contribution is 2.41. The van der Waals surface area contributed by atoms with E-state index in [9.17, 15) is 19.2 Å². The number of carbonyl (C=O) groups is 4. The van der Waals surface area contributed by atoms with Gasteiger partial charge in [-0.05, 0) is 193 Å². The summed E-state index contributed by atoms with van der Waals surface area (Å²) in [5.74, 6) is -0.401. The highest BCUT2D eigenvalue weighted by molar-refractivity contribution is 6.03. The molecule has 4 aliphatic carbocycles. The summed E-state index contributed by atoms with van der Waals surface area (Å²) in [5, 5.41) is 14.0. The fourth-order valence-electron chi connectivity index (χ4n) is 20.2. The molecule has 2 aliphatic heterocycles. The Bertz CT molecular complexity index is 4710. The molecule has 698 valence electrons. The van der Waals surface area contributed by atoms with Crippen molar-refractivity contribution in [3.05, 3.63) is 262 Å². The minimum atomic E-state index is -0.100. The SMILES string of the molecule is CCCCCCCCCCCCC(NC(=O)c1ccc(-c2c3nc(c(-c4ccc(C(=O)NC(CCCCCCCCCCCC)C5=CC=CC5)cc4)c4ccc([nH]4)c(-c4ccc(C(=O)NC(CCCCCCCCCCCC)C5=CC=CC5)cc4)c4nc(c(-c5ccc(C(=O)NC(CCCCCCCCCCCC)C6=CC=CC6)cc5)c5ccc2[nH]5)C=C4)C=C3)cc1)C1=CC=CC1. The lowest BCUT2D eigenvalue weighted by Crippen LogP contribution is -2.36. The van der Waals surface area contributed by atoms with Gasteiger partial charge in [-0.1, -0.05) is 406 Å². The number of fused-ring (bicyclic) bond motifs is 8. The molecule has 5 heterocycles. The van der Waals surface area contributed by atoms with Crippen molar-refractivity contribution in [3.8, 4) is 44.5 Å². The number of carbonyl (C=O) groups excluding carboxylic acids is 4. The molecule has 0 spiro atoms. The molecular weight excluding hydrogens is 1620 g/mol. The molecule has 0 saturated heterocycles. The van der Waals surface area contributed by atoms with Gasteiger partial charge in [0.05, 0.1) is 46.9 Å². The van der Waals surface area contributed by atoms with Crippen LogP contribution in [-0.4, -0.2) is 67.7 Å². The summed E-state index contributed by atoms with van der Waals surface area (Å²) in [6.07, 6.45) is 91.6. The summed E-state index contributed by atoms with van der Waals surface area (Å²) in [7, 11) is 0. The predicted octanol–water partition coefficient (Wildman–Crippen LogP) is 32.5. The van der Waals surface area contributed by atoms with Crippen LogP contribution in [0.25, 0.3) is 90.9 Å². The van der Waals surface area contributed by atoms with Crippen LogP contribution in [-0.2, 0) is 0 Å². The van der Waals surface area contributed by atoms with Crippen LogP contribution >= 0.6 is 0 Å². The van der Waals surface area contributed by atoms with E-state index in [1.54, 1.807) is 0 Å². The number of H-pyrrole nitrogens is 2. The summed E-state index contributed by atoms with van der Waals surface area (Å²) in [4.78, 5) is 78.3. The molecule has 6 aliphatic rings. The molecule has 13 rings (SSSR count). The van der Waals surface area contributed by atoms with Gasteiger partial charge in [0, 0.05) is 66.6 Å². The molecule has 3 aromatic heterocycles. The number of allylic oxidation sites excluding steroid dienone is 12. The Hall–Kier alpha value is -10.7. The second-order valence-electron chi connectivity index (χ2n) is 38.3. The van der Waals surface area contributed by atoms with E-state index in [1.807, 2.05) is 48.5 Å². The van der Waals surface area contributed by atoms with Crippen LogP contribution in [0, 0.1) is 0 Å². The van der Waals surface area contributed by atoms with Crippen molar-refractivity contribution in [1.82, 2.24) is 41.2 Å². The van der Waals surface area contributed by atoms with Gasteiger partial charge in [0.2, 0.25) is 0 Å². The summed E-state index contributed by atoms with van der Waals surface area (Å²) in [6.45, 7) is 9.11. The van der Waals surface area contributed by atoms with Crippen LogP contribution in [0.5, 0.6) is 0 Å². The monoisotopic (exact) mass is 1770 g/mol. The van der Waals surface area contributed by atoms with E-state index in [-0.39, 0.29) is 47.8 Å². The molecule has 12 heteroatoms. The Balaban J connectivity index is 0.870. The van der Waals surface area contributed by atoms with E-state index >= 15 is 0 Å². The maximum absolute atomic E-state index is 14.7. The van der Waals surface area contributed by atoms with Crippen molar-refractivity contribution in [2.75, 3.05) is 0 Å². The van der Waals surface area contributed by atoms with E-state index in [1.165, 1.54) is 228 Å². The first kappa shape index (κ1) is 98.8. The van der Waals surface area contributed by atoms with E-state index < -0.39 is 0 Å². The molecule has 8 bridgehead atoms. The number of aromatic nitrogens is 4. The molecule has 4 amide bonds. The second-order valence-corrected chi connectivity index (χ2v) is 38.3. The zero-order valence-corrected chi connectivity index (χ0v) is 80.6. The third-order valence-electron chi connectivity index (χ3n) is 28.1. The molecule has 132 heavy (non-hydrogen) atoms. The lowest BCUT2D eigenvalue weighted by Gasteiger charge is -2.20. The number of aromatic amines is 2. The summed E-state index contributed by atoms with van der Waals surface area (Å²) < 4.78 is 0. The lowest BCUT2D eigenvalue weighted by molar-refractivity contribution is 0.0932. The van der Waals surface area contributed by atoms with E-state index in [0.717, 1.165) is 169 Å². The molecule has 7 aromatic rings. The Morgan fingerprint density at radius 2 is 0.432 bits per heavy atom. The van der Waals surface area contributed by atoms with Crippen molar-refractivity contribution < 1.29 is 19.2 Å². The van der Waals surface area contributed by atoms with Crippen LogP contribution in [0.3, 0.4) is 0 Å². The normalized spacial score (nSPS) is 14.5. The van der Waals surface area contributed by atoms with Crippen molar-refractivity contribution in [2.45, 2.75) is 360 Å². The van der Waals surface area contributed by atoms with Crippen molar-refractivity contribution in [3.63, 3.8) is 0 Å². The number of nitrogens with one attached hydrogen (secondary N) is 6.